The van der Waals surface area contributed by atoms with Crippen molar-refractivity contribution in [3.63, 3.8) is 0 Å². The Bertz CT molecular complexity index is 1230. The van der Waals surface area contributed by atoms with Crippen LogP contribution in [-0.2, 0) is 28.8 Å². The van der Waals surface area contributed by atoms with Gasteiger partial charge in [0.1, 0.15) is 6.54 Å². The summed E-state index contributed by atoms with van der Waals surface area (Å²) in [7, 11) is 0. The van der Waals surface area contributed by atoms with Crippen LogP contribution in [0.15, 0.2) is 66.7 Å². The lowest BCUT2D eigenvalue weighted by Gasteiger charge is -2.31. The van der Waals surface area contributed by atoms with Crippen LogP contribution in [0.3, 0.4) is 0 Å². The highest BCUT2D eigenvalue weighted by Crippen LogP contribution is 2.29. The van der Waals surface area contributed by atoms with E-state index in [9.17, 15) is 22.8 Å². The van der Waals surface area contributed by atoms with Crippen LogP contribution in [0.25, 0.3) is 0 Å². The number of alkyl halides is 3. The van der Waals surface area contributed by atoms with Gasteiger partial charge in [-0.1, -0.05) is 30.3 Å². The fourth-order valence-electron chi connectivity index (χ4n) is 4.38. The van der Waals surface area contributed by atoms with Crippen molar-refractivity contribution in [2.45, 2.75) is 26.2 Å². The molecule has 1 aliphatic rings. The summed E-state index contributed by atoms with van der Waals surface area (Å²) in [5.41, 5.74) is 0.254. The third-order valence-corrected chi connectivity index (χ3v) is 7.56. The molecule has 0 aliphatic carbocycles. The number of benzene rings is 2. The zero-order chi connectivity index (χ0) is 27.8. The molecule has 3 aromatic rings. The molecule has 39 heavy (non-hydrogen) atoms. The van der Waals surface area contributed by atoms with Crippen LogP contribution in [0.5, 0.6) is 0 Å². The lowest BCUT2D eigenvalue weighted by Crippen LogP contribution is -2.47. The third kappa shape index (κ3) is 8.39. The number of rotatable bonds is 10. The van der Waals surface area contributed by atoms with Gasteiger partial charge in [-0.25, -0.2) is 0 Å². The first kappa shape index (κ1) is 28.8. The number of hydrogen-bond donors (Lipinski definition) is 0. The SMILES string of the molecule is Cc1ccc(CN(Cc2ccccc2)C(=O)CN(CCN2CCOCC2)C(=O)c2ccc(C(F)(F)F)cc2)s1. The van der Waals surface area contributed by atoms with Crippen molar-refractivity contribution < 1.29 is 27.5 Å². The first-order valence-electron chi connectivity index (χ1n) is 12.8. The van der Waals surface area contributed by atoms with Gasteiger partial charge in [-0.05, 0) is 48.9 Å². The molecule has 0 spiro atoms. The topological polar surface area (TPSA) is 53.1 Å². The van der Waals surface area contributed by atoms with Gasteiger partial charge in [0.25, 0.3) is 5.91 Å². The molecule has 0 N–H and O–H groups in total. The van der Waals surface area contributed by atoms with Gasteiger partial charge in [-0.2, -0.15) is 13.2 Å². The van der Waals surface area contributed by atoms with Crippen LogP contribution in [0.1, 0.15) is 31.2 Å². The Balaban J connectivity index is 1.54. The Kier molecular flexibility index (Phi) is 9.77. The molecule has 10 heteroatoms. The molecule has 1 aliphatic heterocycles. The maximum atomic E-state index is 13.7. The van der Waals surface area contributed by atoms with Crippen LogP contribution < -0.4 is 0 Å². The van der Waals surface area contributed by atoms with Gasteiger partial charge in [0.15, 0.2) is 0 Å². The molecule has 1 aromatic heterocycles. The Labute approximate surface area is 230 Å². The second-order valence-electron chi connectivity index (χ2n) is 9.50. The summed E-state index contributed by atoms with van der Waals surface area (Å²) in [5, 5.41) is 0. The highest BCUT2D eigenvalue weighted by Gasteiger charge is 2.31. The number of carbonyl (C=O) groups excluding carboxylic acids is 2. The molecule has 0 atom stereocenters. The lowest BCUT2D eigenvalue weighted by molar-refractivity contribution is -0.137. The molecule has 1 fully saturated rings. The Morgan fingerprint density at radius 2 is 1.62 bits per heavy atom. The Hall–Kier alpha value is -3.21. The molecule has 2 amide bonds. The molecule has 0 unspecified atom stereocenters. The summed E-state index contributed by atoms with van der Waals surface area (Å²) in [4.78, 5) is 34.7. The van der Waals surface area contributed by atoms with E-state index < -0.39 is 17.6 Å². The van der Waals surface area contributed by atoms with Gasteiger partial charge >= 0.3 is 6.18 Å². The largest absolute Gasteiger partial charge is 0.416 e. The van der Waals surface area contributed by atoms with Gasteiger partial charge in [0.2, 0.25) is 5.91 Å². The van der Waals surface area contributed by atoms with Crippen molar-refractivity contribution in [1.82, 2.24) is 14.7 Å². The number of hydrogen-bond acceptors (Lipinski definition) is 5. The molecule has 1 saturated heterocycles. The molecule has 6 nitrogen and oxygen atoms in total. The minimum Gasteiger partial charge on any atom is -0.379 e. The van der Waals surface area contributed by atoms with E-state index in [1.165, 1.54) is 17.0 Å². The molecular weight excluding hydrogens is 527 g/mol. The van der Waals surface area contributed by atoms with Crippen LogP contribution in [0.4, 0.5) is 13.2 Å². The lowest BCUT2D eigenvalue weighted by atomic mass is 10.1. The first-order chi connectivity index (χ1) is 18.7. The van der Waals surface area contributed by atoms with E-state index >= 15 is 0 Å². The van der Waals surface area contributed by atoms with Crippen LogP contribution in [0, 0.1) is 6.92 Å². The van der Waals surface area contributed by atoms with Crippen molar-refractivity contribution in [2.75, 3.05) is 45.9 Å². The fourth-order valence-corrected chi connectivity index (χ4v) is 5.29. The van der Waals surface area contributed by atoms with E-state index in [0.29, 0.717) is 45.9 Å². The minimum absolute atomic E-state index is 0.112. The fraction of sp³-hybridized carbons (Fsp3) is 0.379. The minimum atomic E-state index is -4.49. The number of thiophene rings is 1. The number of carbonyl (C=O) groups is 2. The smallest absolute Gasteiger partial charge is 0.379 e. The predicted octanol–water partition coefficient (Wildman–Crippen LogP) is 5.08. The van der Waals surface area contributed by atoms with E-state index in [2.05, 4.69) is 4.90 Å². The zero-order valence-corrected chi connectivity index (χ0v) is 22.6. The zero-order valence-electron chi connectivity index (χ0n) is 21.8. The van der Waals surface area contributed by atoms with E-state index in [1.807, 2.05) is 49.4 Å². The van der Waals surface area contributed by atoms with E-state index in [1.54, 1.807) is 16.2 Å². The van der Waals surface area contributed by atoms with Gasteiger partial charge in [0, 0.05) is 48.0 Å². The van der Waals surface area contributed by atoms with Crippen LogP contribution in [-0.4, -0.2) is 72.5 Å². The molecule has 208 valence electrons. The second kappa shape index (κ2) is 13.2. The number of ether oxygens (including phenoxy) is 1. The van der Waals surface area contributed by atoms with Crippen molar-refractivity contribution in [3.05, 3.63) is 93.2 Å². The summed E-state index contributed by atoms with van der Waals surface area (Å²) >= 11 is 1.61. The number of morpholine rings is 1. The van der Waals surface area contributed by atoms with Gasteiger partial charge in [-0.15, -0.1) is 11.3 Å². The molecule has 0 saturated carbocycles. The molecule has 0 radical (unpaired) electrons. The predicted molar refractivity (Wildman–Crippen MR) is 144 cm³/mol. The van der Waals surface area contributed by atoms with Crippen LogP contribution >= 0.6 is 11.3 Å². The summed E-state index contributed by atoms with van der Waals surface area (Å²) in [5.74, 6) is -0.705. The van der Waals surface area contributed by atoms with Crippen molar-refractivity contribution in [3.8, 4) is 0 Å². The van der Waals surface area contributed by atoms with E-state index in [4.69, 9.17) is 4.74 Å². The highest BCUT2D eigenvalue weighted by molar-refractivity contribution is 7.11. The Morgan fingerprint density at radius 1 is 0.923 bits per heavy atom. The van der Waals surface area contributed by atoms with Crippen molar-refractivity contribution >= 4 is 23.2 Å². The Morgan fingerprint density at radius 3 is 2.23 bits per heavy atom. The molecular formula is C29H32F3N3O3S. The number of nitrogens with zero attached hydrogens (tertiary/aromatic N) is 3. The van der Waals surface area contributed by atoms with Crippen molar-refractivity contribution in [2.24, 2.45) is 0 Å². The summed E-state index contributed by atoms with van der Waals surface area (Å²) in [6.45, 7) is 6.03. The summed E-state index contributed by atoms with van der Waals surface area (Å²) in [6, 6.07) is 17.8. The summed E-state index contributed by atoms with van der Waals surface area (Å²) in [6.07, 6.45) is -4.49. The average Bonchev–Trinajstić information content (AvgIpc) is 3.35. The van der Waals surface area contributed by atoms with Crippen molar-refractivity contribution in [1.29, 1.82) is 0 Å². The summed E-state index contributed by atoms with van der Waals surface area (Å²) < 4.78 is 44.6. The maximum Gasteiger partial charge on any atom is 0.416 e. The maximum absolute atomic E-state index is 13.7. The second-order valence-corrected chi connectivity index (χ2v) is 10.9. The third-order valence-electron chi connectivity index (χ3n) is 6.57. The quantitative estimate of drug-likeness (QED) is 0.348. The number of amides is 2. The van der Waals surface area contributed by atoms with E-state index in [-0.39, 0.29) is 24.6 Å². The highest BCUT2D eigenvalue weighted by atomic mass is 32.1. The van der Waals surface area contributed by atoms with Gasteiger partial charge < -0.3 is 14.5 Å². The van der Waals surface area contributed by atoms with Crippen LogP contribution in [0.2, 0.25) is 0 Å². The standard InChI is InChI=1S/C29H32F3N3O3S/c1-22-7-12-26(39-22)20-35(19-23-5-3-2-4-6-23)27(36)21-34(14-13-33-15-17-38-18-16-33)28(37)24-8-10-25(11-9-24)29(30,31)32/h2-12H,13-21H2,1H3. The average molecular weight is 560 g/mol. The first-order valence-corrected chi connectivity index (χ1v) is 13.6. The number of aryl methyl sites for hydroxylation is 1. The molecule has 2 heterocycles. The normalized spacial score (nSPS) is 14.3. The molecule has 0 bridgehead atoms. The van der Waals surface area contributed by atoms with Gasteiger partial charge in [-0.3, -0.25) is 14.5 Å². The molecule has 2 aromatic carbocycles. The number of halogens is 3. The monoisotopic (exact) mass is 559 g/mol. The van der Waals surface area contributed by atoms with E-state index in [0.717, 1.165) is 27.5 Å². The molecule has 4 rings (SSSR count). The van der Waals surface area contributed by atoms with Gasteiger partial charge in [0.05, 0.1) is 25.3 Å².